The van der Waals surface area contributed by atoms with E-state index in [9.17, 15) is 13.2 Å². The highest BCUT2D eigenvalue weighted by Gasteiger charge is 2.20. The highest BCUT2D eigenvalue weighted by molar-refractivity contribution is 7.89. The first-order valence-electron chi connectivity index (χ1n) is 7.25. The molecule has 4 N–H and O–H groups in total. The van der Waals surface area contributed by atoms with E-state index in [0.29, 0.717) is 16.8 Å². The van der Waals surface area contributed by atoms with E-state index in [2.05, 4.69) is 10.0 Å². The normalized spacial score (nSPS) is 12.0. The van der Waals surface area contributed by atoms with Crippen LogP contribution in [0.2, 0.25) is 0 Å². The second-order valence-corrected chi connectivity index (χ2v) is 8.01. The van der Waals surface area contributed by atoms with Gasteiger partial charge in [0.05, 0.1) is 4.90 Å². The van der Waals surface area contributed by atoms with Crippen LogP contribution < -0.4 is 15.8 Å². The molecule has 1 aromatic rings. The number of benzene rings is 1. The predicted molar refractivity (Wildman–Crippen MR) is 89.8 cm³/mol. The molecule has 1 rings (SSSR count). The van der Waals surface area contributed by atoms with Gasteiger partial charge in [0.2, 0.25) is 10.0 Å². The van der Waals surface area contributed by atoms with Gasteiger partial charge in [0.1, 0.15) is 5.60 Å². The molecule has 0 aliphatic carbocycles. The zero-order valence-electron chi connectivity index (χ0n) is 14.2. The minimum absolute atomic E-state index is 0.0603. The van der Waals surface area contributed by atoms with E-state index in [1.807, 2.05) is 0 Å². The van der Waals surface area contributed by atoms with Crippen LogP contribution in [0.15, 0.2) is 17.0 Å². The van der Waals surface area contributed by atoms with Crippen molar-refractivity contribution in [3.05, 3.63) is 23.3 Å². The largest absolute Gasteiger partial charge is 0.444 e. The molecule has 0 saturated heterocycles. The Kier molecular flexibility index (Phi) is 6.01. The number of nitrogen functional groups attached to an aromatic ring is 1. The highest BCUT2D eigenvalue weighted by atomic mass is 32.2. The SMILES string of the molecule is Cc1cc(N)cc(C)c1S(=O)(=O)NCCNC(=O)OC(C)(C)C. The van der Waals surface area contributed by atoms with Gasteiger partial charge in [-0.25, -0.2) is 17.9 Å². The summed E-state index contributed by atoms with van der Waals surface area (Å²) in [4.78, 5) is 11.7. The summed E-state index contributed by atoms with van der Waals surface area (Å²) < 4.78 is 32.2. The van der Waals surface area contributed by atoms with Gasteiger partial charge in [0, 0.05) is 18.8 Å². The van der Waals surface area contributed by atoms with Gasteiger partial charge in [-0.1, -0.05) is 0 Å². The van der Waals surface area contributed by atoms with Crippen molar-refractivity contribution in [3.63, 3.8) is 0 Å². The standard InChI is InChI=1S/C15H25N3O4S/c1-10-8-12(16)9-11(2)13(10)23(20,21)18-7-6-17-14(19)22-15(3,4)5/h8-9,18H,6-7,16H2,1-5H3,(H,17,19). The topological polar surface area (TPSA) is 111 Å². The number of carbonyl (C=O) groups is 1. The van der Waals surface area contributed by atoms with Crippen LogP contribution >= 0.6 is 0 Å². The number of hydrogen-bond acceptors (Lipinski definition) is 5. The van der Waals surface area contributed by atoms with Gasteiger partial charge in [0.15, 0.2) is 0 Å². The Labute approximate surface area is 137 Å². The highest BCUT2D eigenvalue weighted by Crippen LogP contribution is 2.22. The van der Waals surface area contributed by atoms with E-state index in [1.54, 1.807) is 46.8 Å². The molecular formula is C15H25N3O4S. The average molecular weight is 343 g/mol. The summed E-state index contributed by atoms with van der Waals surface area (Å²) in [6, 6.07) is 3.22. The zero-order valence-corrected chi connectivity index (χ0v) is 15.0. The molecule has 0 unspecified atom stereocenters. The first-order chi connectivity index (χ1) is 10.4. The minimum atomic E-state index is -3.67. The van der Waals surface area contributed by atoms with Gasteiger partial charge >= 0.3 is 6.09 Å². The monoisotopic (exact) mass is 343 g/mol. The fourth-order valence-corrected chi connectivity index (χ4v) is 3.62. The van der Waals surface area contributed by atoms with Crippen molar-refractivity contribution in [3.8, 4) is 0 Å². The van der Waals surface area contributed by atoms with Crippen molar-refractivity contribution in [1.29, 1.82) is 0 Å². The van der Waals surface area contributed by atoms with Crippen molar-refractivity contribution in [2.24, 2.45) is 0 Å². The van der Waals surface area contributed by atoms with E-state index in [4.69, 9.17) is 10.5 Å². The number of sulfonamides is 1. The van der Waals surface area contributed by atoms with Crippen LogP contribution in [0.1, 0.15) is 31.9 Å². The van der Waals surface area contributed by atoms with E-state index >= 15 is 0 Å². The molecule has 23 heavy (non-hydrogen) atoms. The fraction of sp³-hybridized carbons (Fsp3) is 0.533. The summed E-state index contributed by atoms with van der Waals surface area (Å²) in [5.41, 5.74) is 6.78. The summed E-state index contributed by atoms with van der Waals surface area (Å²) in [5.74, 6) is 0. The lowest BCUT2D eigenvalue weighted by Crippen LogP contribution is -2.38. The maximum absolute atomic E-state index is 12.4. The van der Waals surface area contributed by atoms with Gasteiger partial charge in [-0.3, -0.25) is 0 Å². The van der Waals surface area contributed by atoms with Crippen molar-refractivity contribution >= 4 is 21.8 Å². The second kappa shape index (κ2) is 7.18. The van der Waals surface area contributed by atoms with Crippen molar-refractivity contribution in [1.82, 2.24) is 10.0 Å². The number of amides is 1. The van der Waals surface area contributed by atoms with Gasteiger partial charge in [0.25, 0.3) is 0 Å². The van der Waals surface area contributed by atoms with Gasteiger partial charge < -0.3 is 15.8 Å². The van der Waals surface area contributed by atoms with Crippen LogP contribution in [0, 0.1) is 13.8 Å². The number of aryl methyl sites for hydroxylation is 2. The molecule has 8 heteroatoms. The minimum Gasteiger partial charge on any atom is -0.444 e. The molecule has 130 valence electrons. The second-order valence-electron chi connectivity index (χ2n) is 6.31. The molecule has 7 nitrogen and oxygen atoms in total. The molecule has 0 atom stereocenters. The van der Waals surface area contributed by atoms with E-state index in [0.717, 1.165) is 0 Å². The fourth-order valence-electron chi connectivity index (χ4n) is 2.14. The Morgan fingerprint density at radius 1 is 1.17 bits per heavy atom. The molecule has 0 aliphatic heterocycles. The van der Waals surface area contributed by atoms with E-state index < -0.39 is 21.7 Å². The van der Waals surface area contributed by atoms with Crippen LogP contribution in [0.3, 0.4) is 0 Å². The molecule has 0 saturated carbocycles. The molecule has 0 heterocycles. The Bertz CT molecular complexity index is 655. The Morgan fingerprint density at radius 2 is 1.70 bits per heavy atom. The first kappa shape index (κ1) is 19.2. The zero-order chi connectivity index (χ0) is 17.8. The van der Waals surface area contributed by atoms with Crippen LogP contribution in [0.25, 0.3) is 0 Å². The number of rotatable bonds is 5. The van der Waals surface area contributed by atoms with E-state index in [1.165, 1.54) is 0 Å². The molecule has 1 amide bonds. The lowest BCUT2D eigenvalue weighted by molar-refractivity contribution is 0.0529. The molecule has 0 spiro atoms. The third-order valence-electron chi connectivity index (χ3n) is 2.84. The summed E-state index contributed by atoms with van der Waals surface area (Å²) in [7, 11) is -3.67. The van der Waals surface area contributed by atoms with Crippen molar-refractivity contribution in [2.75, 3.05) is 18.8 Å². The third kappa shape index (κ3) is 6.07. The first-order valence-corrected chi connectivity index (χ1v) is 8.74. The maximum atomic E-state index is 12.4. The molecule has 0 aliphatic rings. The summed E-state index contributed by atoms with van der Waals surface area (Å²) in [5, 5.41) is 2.49. The molecule has 0 radical (unpaired) electrons. The van der Waals surface area contributed by atoms with E-state index in [-0.39, 0.29) is 18.0 Å². The number of nitrogens with two attached hydrogens (primary N) is 1. The molecule has 0 aromatic heterocycles. The summed E-state index contributed by atoms with van der Waals surface area (Å²) >= 11 is 0. The molecule has 1 aromatic carbocycles. The number of carbonyl (C=O) groups excluding carboxylic acids is 1. The molecule has 0 bridgehead atoms. The van der Waals surface area contributed by atoms with Gasteiger partial charge in [-0.2, -0.15) is 0 Å². The Hall–Kier alpha value is -1.80. The smallest absolute Gasteiger partial charge is 0.407 e. The van der Waals surface area contributed by atoms with Crippen LogP contribution in [0.4, 0.5) is 10.5 Å². The molecular weight excluding hydrogens is 318 g/mol. The van der Waals surface area contributed by atoms with Gasteiger partial charge in [-0.15, -0.1) is 0 Å². The van der Waals surface area contributed by atoms with Crippen LogP contribution in [0.5, 0.6) is 0 Å². The maximum Gasteiger partial charge on any atom is 0.407 e. The third-order valence-corrected chi connectivity index (χ3v) is 4.60. The lowest BCUT2D eigenvalue weighted by Gasteiger charge is -2.19. The number of nitrogens with one attached hydrogen (secondary N) is 2. The number of ether oxygens (including phenoxy) is 1. The number of hydrogen-bond donors (Lipinski definition) is 3. The molecule has 0 fully saturated rings. The quantitative estimate of drug-likeness (QED) is 0.556. The van der Waals surface area contributed by atoms with Crippen molar-refractivity contribution < 1.29 is 17.9 Å². The predicted octanol–water partition coefficient (Wildman–Crippen LogP) is 1.69. The number of anilines is 1. The van der Waals surface area contributed by atoms with Crippen LogP contribution in [-0.2, 0) is 14.8 Å². The van der Waals surface area contributed by atoms with Crippen LogP contribution in [-0.4, -0.2) is 33.2 Å². The summed E-state index contributed by atoms with van der Waals surface area (Å²) in [6.07, 6.45) is -0.587. The Balaban J connectivity index is 2.63. The van der Waals surface area contributed by atoms with Gasteiger partial charge in [-0.05, 0) is 57.9 Å². The Morgan fingerprint density at radius 3 is 2.17 bits per heavy atom. The number of alkyl carbamates (subject to hydrolysis) is 1. The summed E-state index contributed by atoms with van der Waals surface area (Å²) in [6.45, 7) is 8.83. The average Bonchev–Trinajstić information content (AvgIpc) is 2.30. The van der Waals surface area contributed by atoms with Crippen molar-refractivity contribution in [2.45, 2.75) is 45.1 Å². The lowest BCUT2D eigenvalue weighted by atomic mass is 10.1.